The van der Waals surface area contributed by atoms with Crippen molar-refractivity contribution in [2.75, 3.05) is 18.5 Å². The average molecular weight is 230 g/mol. The molecular weight excluding hydrogens is 218 g/mol. The lowest BCUT2D eigenvalue weighted by Crippen LogP contribution is -2.40. The van der Waals surface area contributed by atoms with E-state index in [-0.39, 0.29) is 0 Å². The summed E-state index contributed by atoms with van der Waals surface area (Å²) >= 11 is 0. The highest BCUT2D eigenvalue weighted by atomic mass is 19.3. The van der Waals surface area contributed by atoms with E-state index in [1.165, 1.54) is 0 Å². The molecule has 0 atom stereocenters. The van der Waals surface area contributed by atoms with Crippen LogP contribution >= 0.6 is 0 Å². The molecule has 0 fully saturated rings. The summed E-state index contributed by atoms with van der Waals surface area (Å²) in [6.45, 7) is -2.19. The lowest BCUT2D eigenvalue weighted by atomic mass is 10.3. The standard InChI is InChI=1S/C10H12F2N2O2/c11-10(12,7-15)6-13-9(16)14-8-4-2-1-3-5-8/h1-5,15H,6-7H2,(H2,13,14,16). The molecule has 0 bridgehead atoms. The van der Waals surface area contributed by atoms with Gasteiger partial charge < -0.3 is 15.7 Å². The third kappa shape index (κ3) is 4.22. The second-order valence-electron chi connectivity index (χ2n) is 3.19. The van der Waals surface area contributed by atoms with E-state index in [4.69, 9.17) is 5.11 Å². The van der Waals surface area contributed by atoms with Gasteiger partial charge in [-0.05, 0) is 12.1 Å². The maximum absolute atomic E-state index is 12.6. The number of hydrogen-bond acceptors (Lipinski definition) is 2. The highest BCUT2D eigenvalue weighted by molar-refractivity contribution is 5.89. The summed E-state index contributed by atoms with van der Waals surface area (Å²) in [7, 11) is 0. The molecule has 0 aliphatic carbocycles. The molecule has 0 aliphatic rings. The summed E-state index contributed by atoms with van der Waals surface area (Å²) in [5.74, 6) is -3.30. The van der Waals surface area contributed by atoms with E-state index in [1.807, 2.05) is 5.32 Å². The molecule has 1 aromatic carbocycles. The number of carbonyl (C=O) groups excluding carboxylic acids is 1. The van der Waals surface area contributed by atoms with Gasteiger partial charge in [0.2, 0.25) is 0 Å². The first-order chi connectivity index (χ1) is 7.53. The van der Waals surface area contributed by atoms with Gasteiger partial charge in [-0.1, -0.05) is 18.2 Å². The molecule has 88 valence electrons. The molecule has 0 heterocycles. The molecule has 0 saturated heterocycles. The van der Waals surface area contributed by atoms with E-state index in [1.54, 1.807) is 30.3 Å². The van der Waals surface area contributed by atoms with Crippen molar-refractivity contribution in [2.24, 2.45) is 0 Å². The number of aliphatic hydroxyl groups excluding tert-OH is 1. The van der Waals surface area contributed by atoms with Crippen molar-refractivity contribution in [2.45, 2.75) is 5.92 Å². The highest BCUT2D eigenvalue weighted by Gasteiger charge is 2.28. The molecule has 0 aromatic heterocycles. The van der Waals surface area contributed by atoms with Crippen molar-refractivity contribution >= 4 is 11.7 Å². The Hall–Kier alpha value is -1.69. The Balaban J connectivity index is 2.38. The normalized spacial score (nSPS) is 10.9. The van der Waals surface area contributed by atoms with Gasteiger partial charge in [-0.25, -0.2) is 13.6 Å². The molecule has 1 rings (SSSR count). The van der Waals surface area contributed by atoms with Crippen LogP contribution in [0.5, 0.6) is 0 Å². The minimum Gasteiger partial charge on any atom is -0.390 e. The Kier molecular flexibility index (Phi) is 4.19. The first-order valence-corrected chi connectivity index (χ1v) is 4.62. The Labute approximate surface area is 91.3 Å². The summed E-state index contributed by atoms with van der Waals surface area (Å²) in [6, 6.07) is 7.70. The van der Waals surface area contributed by atoms with Crippen molar-refractivity contribution in [1.29, 1.82) is 0 Å². The van der Waals surface area contributed by atoms with Crippen LogP contribution in [0.15, 0.2) is 30.3 Å². The molecule has 0 saturated carbocycles. The quantitative estimate of drug-likeness (QED) is 0.732. The Bertz CT molecular complexity index is 344. The second kappa shape index (κ2) is 5.41. The van der Waals surface area contributed by atoms with Gasteiger partial charge in [0.05, 0.1) is 6.54 Å². The first kappa shape index (κ1) is 12.4. The van der Waals surface area contributed by atoms with E-state index in [0.717, 1.165) is 0 Å². The van der Waals surface area contributed by atoms with Crippen LogP contribution in [0.25, 0.3) is 0 Å². The number of hydrogen-bond donors (Lipinski definition) is 3. The number of para-hydroxylation sites is 1. The SMILES string of the molecule is O=C(NCC(F)(F)CO)Nc1ccccc1. The van der Waals surface area contributed by atoms with Gasteiger partial charge in [-0.2, -0.15) is 0 Å². The molecule has 1 aromatic rings. The number of benzene rings is 1. The molecule has 0 unspecified atom stereocenters. The van der Waals surface area contributed by atoms with Crippen molar-refractivity contribution in [3.8, 4) is 0 Å². The van der Waals surface area contributed by atoms with Gasteiger partial charge >= 0.3 is 6.03 Å². The zero-order valence-electron chi connectivity index (χ0n) is 8.41. The molecule has 0 spiro atoms. The zero-order chi connectivity index (χ0) is 12.0. The maximum Gasteiger partial charge on any atom is 0.319 e. The van der Waals surface area contributed by atoms with Gasteiger partial charge in [-0.3, -0.25) is 0 Å². The fourth-order valence-electron chi connectivity index (χ4n) is 0.962. The van der Waals surface area contributed by atoms with Crippen LogP contribution in [0.3, 0.4) is 0 Å². The van der Waals surface area contributed by atoms with E-state index in [2.05, 4.69) is 5.32 Å². The van der Waals surface area contributed by atoms with Crippen LogP contribution in [0.1, 0.15) is 0 Å². The molecule has 0 aliphatic heterocycles. The number of amides is 2. The molecule has 4 nitrogen and oxygen atoms in total. The molecule has 3 N–H and O–H groups in total. The summed E-state index contributed by atoms with van der Waals surface area (Å²) in [5, 5.41) is 12.6. The summed E-state index contributed by atoms with van der Waals surface area (Å²) in [6.07, 6.45) is 0. The van der Waals surface area contributed by atoms with Gasteiger partial charge in [0.15, 0.2) is 0 Å². The van der Waals surface area contributed by atoms with Gasteiger partial charge in [0, 0.05) is 5.69 Å². The van der Waals surface area contributed by atoms with E-state index < -0.39 is 25.1 Å². The first-order valence-electron chi connectivity index (χ1n) is 4.62. The fourth-order valence-corrected chi connectivity index (χ4v) is 0.962. The molecule has 6 heteroatoms. The number of alkyl halides is 2. The van der Waals surface area contributed by atoms with Crippen LogP contribution < -0.4 is 10.6 Å². The Morgan fingerprint density at radius 1 is 1.31 bits per heavy atom. The summed E-state index contributed by atoms with van der Waals surface area (Å²) in [5.41, 5.74) is 0.507. The predicted molar refractivity (Wildman–Crippen MR) is 55.5 cm³/mol. The average Bonchev–Trinajstić information content (AvgIpc) is 2.28. The van der Waals surface area contributed by atoms with Crippen LogP contribution in [-0.4, -0.2) is 30.2 Å². The predicted octanol–water partition coefficient (Wildman–Crippen LogP) is 1.44. The number of aliphatic hydroxyl groups is 1. The van der Waals surface area contributed by atoms with E-state index in [9.17, 15) is 13.6 Å². The van der Waals surface area contributed by atoms with E-state index in [0.29, 0.717) is 5.69 Å². The smallest absolute Gasteiger partial charge is 0.319 e. The van der Waals surface area contributed by atoms with Crippen molar-refractivity contribution < 1.29 is 18.7 Å². The Morgan fingerprint density at radius 3 is 2.50 bits per heavy atom. The number of anilines is 1. The van der Waals surface area contributed by atoms with Crippen molar-refractivity contribution in [3.63, 3.8) is 0 Å². The van der Waals surface area contributed by atoms with Gasteiger partial charge in [0.25, 0.3) is 5.92 Å². The third-order valence-electron chi connectivity index (χ3n) is 1.77. The number of rotatable bonds is 4. The Morgan fingerprint density at radius 2 is 1.94 bits per heavy atom. The highest BCUT2D eigenvalue weighted by Crippen LogP contribution is 2.10. The fraction of sp³-hybridized carbons (Fsp3) is 0.300. The van der Waals surface area contributed by atoms with Crippen LogP contribution in [0.4, 0.5) is 19.3 Å². The van der Waals surface area contributed by atoms with Crippen LogP contribution in [0.2, 0.25) is 0 Å². The molecule has 16 heavy (non-hydrogen) atoms. The summed E-state index contributed by atoms with van der Waals surface area (Å²) in [4.78, 5) is 11.1. The number of nitrogens with one attached hydrogen (secondary N) is 2. The van der Waals surface area contributed by atoms with Gasteiger partial charge in [0.1, 0.15) is 6.61 Å². The van der Waals surface area contributed by atoms with Crippen molar-refractivity contribution in [3.05, 3.63) is 30.3 Å². The minimum atomic E-state index is -3.30. The lowest BCUT2D eigenvalue weighted by Gasteiger charge is -2.14. The second-order valence-corrected chi connectivity index (χ2v) is 3.19. The monoisotopic (exact) mass is 230 g/mol. The maximum atomic E-state index is 12.6. The lowest BCUT2D eigenvalue weighted by molar-refractivity contribution is -0.0451. The zero-order valence-corrected chi connectivity index (χ0v) is 8.41. The molecule has 0 radical (unpaired) electrons. The van der Waals surface area contributed by atoms with Gasteiger partial charge in [-0.15, -0.1) is 0 Å². The molecule has 2 amide bonds. The number of halogens is 2. The van der Waals surface area contributed by atoms with E-state index >= 15 is 0 Å². The molecular formula is C10H12F2N2O2. The number of carbonyl (C=O) groups is 1. The van der Waals surface area contributed by atoms with Crippen LogP contribution in [-0.2, 0) is 0 Å². The minimum absolute atomic E-state index is 0.507. The van der Waals surface area contributed by atoms with Crippen LogP contribution in [0, 0.1) is 0 Å². The topological polar surface area (TPSA) is 61.4 Å². The summed E-state index contributed by atoms with van der Waals surface area (Å²) < 4.78 is 25.1. The number of urea groups is 1. The largest absolute Gasteiger partial charge is 0.390 e. The third-order valence-corrected chi connectivity index (χ3v) is 1.77. The van der Waals surface area contributed by atoms with Crippen molar-refractivity contribution in [1.82, 2.24) is 5.32 Å².